The smallest absolute Gasteiger partial charge is 0.0614 e. The third-order valence-corrected chi connectivity index (χ3v) is 6.43. The van der Waals surface area contributed by atoms with Crippen LogP contribution in [0.25, 0.3) is 0 Å². The van der Waals surface area contributed by atoms with Crippen LogP contribution >= 0.6 is 0 Å². The zero-order valence-corrected chi connectivity index (χ0v) is 12.0. The van der Waals surface area contributed by atoms with Crippen LogP contribution in [0.5, 0.6) is 0 Å². The Labute approximate surface area is 116 Å². The minimum Gasteiger partial charge on any atom is -0.394 e. The van der Waals surface area contributed by atoms with E-state index in [1.165, 1.54) is 38.5 Å². The predicted molar refractivity (Wildman–Crippen MR) is 76.0 cm³/mol. The predicted octanol–water partition coefficient (Wildman–Crippen LogP) is 1.66. The van der Waals surface area contributed by atoms with Crippen molar-refractivity contribution in [1.82, 2.24) is 10.6 Å². The minimum atomic E-state index is 0.0108. The van der Waals surface area contributed by atoms with Crippen LogP contribution in [0.1, 0.15) is 51.4 Å². The van der Waals surface area contributed by atoms with Crippen LogP contribution in [0, 0.1) is 17.8 Å². The van der Waals surface area contributed by atoms with E-state index < -0.39 is 0 Å². The van der Waals surface area contributed by atoms with Crippen molar-refractivity contribution in [2.75, 3.05) is 19.7 Å². The Bertz CT molecular complexity index is 313. The van der Waals surface area contributed by atoms with Gasteiger partial charge in [0, 0.05) is 11.1 Å². The van der Waals surface area contributed by atoms with Gasteiger partial charge in [-0.25, -0.2) is 0 Å². The van der Waals surface area contributed by atoms with Gasteiger partial charge in [0.15, 0.2) is 0 Å². The van der Waals surface area contributed by atoms with Gasteiger partial charge in [0.1, 0.15) is 0 Å². The first-order valence-corrected chi connectivity index (χ1v) is 8.32. The quantitative estimate of drug-likeness (QED) is 0.726. The van der Waals surface area contributed by atoms with E-state index in [9.17, 15) is 5.11 Å². The topological polar surface area (TPSA) is 44.3 Å². The molecule has 4 bridgehead atoms. The number of nitrogens with one attached hydrogen (secondary N) is 2. The average Bonchev–Trinajstić information content (AvgIpc) is 2.37. The maximum Gasteiger partial charge on any atom is 0.0614 e. The molecule has 0 radical (unpaired) electrons. The van der Waals surface area contributed by atoms with Crippen LogP contribution in [-0.4, -0.2) is 35.9 Å². The van der Waals surface area contributed by atoms with Gasteiger partial charge < -0.3 is 15.7 Å². The molecule has 0 amide bonds. The molecular weight excluding hydrogens is 236 g/mol. The van der Waals surface area contributed by atoms with Crippen molar-refractivity contribution in [3.63, 3.8) is 0 Å². The summed E-state index contributed by atoms with van der Waals surface area (Å²) in [7, 11) is 0. The highest BCUT2D eigenvalue weighted by Crippen LogP contribution is 2.56. The normalized spacial score (nSPS) is 47.5. The molecule has 5 aliphatic rings. The monoisotopic (exact) mass is 264 g/mol. The Kier molecular flexibility index (Phi) is 2.95. The molecule has 108 valence electrons. The molecule has 3 heteroatoms. The molecule has 19 heavy (non-hydrogen) atoms. The molecule has 1 saturated heterocycles. The summed E-state index contributed by atoms with van der Waals surface area (Å²) < 4.78 is 0. The Hall–Kier alpha value is -0.120. The van der Waals surface area contributed by atoms with Crippen LogP contribution in [0.4, 0.5) is 0 Å². The van der Waals surface area contributed by atoms with Gasteiger partial charge in [0.25, 0.3) is 0 Å². The van der Waals surface area contributed by atoms with Gasteiger partial charge in [-0.1, -0.05) is 0 Å². The molecule has 4 aliphatic carbocycles. The largest absolute Gasteiger partial charge is 0.394 e. The summed E-state index contributed by atoms with van der Waals surface area (Å²) in [6.45, 7) is 2.43. The van der Waals surface area contributed by atoms with Gasteiger partial charge in [-0.2, -0.15) is 0 Å². The Morgan fingerprint density at radius 2 is 1.47 bits per heavy atom. The zero-order valence-electron chi connectivity index (χ0n) is 12.0. The molecule has 0 aromatic carbocycles. The molecule has 3 N–H and O–H groups in total. The summed E-state index contributed by atoms with van der Waals surface area (Å²) in [6.07, 6.45) is 10.8. The number of hydrogen-bond acceptors (Lipinski definition) is 3. The Morgan fingerprint density at radius 3 is 1.95 bits per heavy atom. The second-order valence-corrected chi connectivity index (χ2v) is 8.01. The maximum absolute atomic E-state index is 9.95. The molecule has 0 aromatic heterocycles. The van der Waals surface area contributed by atoms with Gasteiger partial charge in [0.05, 0.1) is 6.61 Å². The first-order chi connectivity index (χ1) is 9.21. The molecule has 0 unspecified atom stereocenters. The van der Waals surface area contributed by atoms with Crippen LogP contribution in [-0.2, 0) is 0 Å². The molecule has 3 nitrogen and oxygen atoms in total. The van der Waals surface area contributed by atoms with Crippen molar-refractivity contribution in [1.29, 1.82) is 0 Å². The Morgan fingerprint density at radius 1 is 0.947 bits per heavy atom. The number of rotatable bonds is 3. The third-order valence-electron chi connectivity index (χ3n) is 6.43. The minimum absolute atomic E-state index is 0.0108. The second kappa shape index (κ2) is 4.44. The van der Waals surface area contributed by atoms with Crippen molar-refractivity contribution in [3.8, 4) is 0 Å². The van der Waals surface area contributed by atoms with E-state index in [1.54, 1.807) is 0 Å². The molecule has 5 rings (SSSR count). The standard InChI is InChI=1S/C16H28N2O/c19-11-15(1-3-17-4-2-15)18-16-8-12-5-13(9-16)7-14(6-12)10-16/h12-14,17-19H,1-11H2. The lowest BCUT2D eigenvalue weighted by atomic mass is 9.52. The lowest BCUT2D eigenvalue weighted by Crippen LogP contribution is -2.67. The van der Waals surface area contributed by atoms with Crippen molar-refractivity contribution < 1.29 is 5.11 Å². The zero-order chi connectivity index (χ0) is 12.9. The third kappa shape index (κ3) is 2.14. The fourth-order valence-electron chi connectivity index (χ4n) is 6.05. The van der Waals surface area contributed by atoms with E-state index in [-0.39, 0.29) is 5.54 Å². The summed E-state index contributed by atoms with van der Waals surface area (Å²) in [5.74, 6) is 2.95. The van der Waals surface area contributed by atoms with Crippen molar-refractivity contribution in [2.45, 2.75) is 62.4 Å². The van der Waals surface area contributed by atoms with E-state index in [0.29, 0.717) is 12.1 Å². The van der Waals surface area contributed by atoms with Crippen molar-refractivity contribution in [2.24, 2.45) is 17.8 Å². The maximum atomic E-state index is 9.95. The van der Waals surface area contributed by atoms with E-state index in [0.717, 1.165) is 43.7 Å². The lowest BCUT2D eigenvalue weighted by molar-refractivity contribution is -0.0474. The number of piperidine rings is 1. The Balaban J connectivity index is 1.55. The summed E-state index contributed by atoms with van der Waals surface area (Å²) in [6, 6.07) is 0. The number of aliphatic hydroxyl groups is 1. The average molecular weight is 264 g/mol. The summed E-state index contributed by atoms with van der Waals surface area (Å²) in [4.78, 5) is 0. The molecule has 0 spiro atoms. The van der Waals surface area contributed by atoms with Gasteiger partial charge in [-0.15, -0.1) is 0 Å². The SMILES string of the molecule is OCC1(NC23CC4CC(CC(C4)C2)C3)CCNCC1. The molecule has 5 fully saturated rings. The summed E-state index contributed by atoms with van der Waals surface area (Å²) in [5.41, 5.74) is 0.395. The molecule has 0 atom stereocenters. The fourth-order valence-corrected chi connectivity index (χ4v) is 6.05. The van der Waals surface area contributed by atoms with Crippen molar-refractivity contribution >= 4 is 0 Å². The molecule has 4 saturated carbocycles. The highest BCUT2D eigenvalue weighted by Gasteiger charge is 2.53. The van der Waals surface area contributed by atoms with E-state index in [1.807, 2.05) is 0 Å². The first kappa shape index (κ1) is 12.6. The van der Waals surface area contributed by atoms with Gasteiger partial charge >= 0.3 is 0 Å². The summed E-state index contributed by atoms with van der Waals surface area (Å²) >= 11 is 0. The summed E-state index contributed by atoms with van der Waals surface area (Å²) in [5, 5.41) is 17.4. The van der Waals surface area contributed by atoms with Crippen molar-refractivity contribution in [3.05, 3.63) is 0 Å². The lowest BCUT2D eigenvalue weighted by Gasteiger charge is -2.60. The molecule has 1 aliphatic heterocycles. The number of aliphatic hydroxyl groups excluding tert-OH is 1. The molecule has 1 heterocycles. The van der Waals surface area contributed by atoms with Gasteiger partial charge in [-0.3, -0.25) is 0 Å². The van der Waals surface area contributed by atoms with Crippen LogP contribution in [0.2, 0.25) is 0 Å². The fraction of sp³-hybridized carbons (Fsp3) is 1.00. The number of hydrogen-bond donors (Lipinski definition) is 3. The van der Waals surface area contributed by atoms with E-state index in [2.05, 4.69) is 10.6 Å². The van der Waals surface area contributed by atoms with E-state index >= 15 is 0 Å². The van der Waals surface area contributed by atoms with Crippen LogP contribution in [0.15, 0.2) is 0 Å². The van der Waals surface area contributed by atoms with Crippen LogP contribution < -0.4 is 10.6 Å². The van der Waals surface area contributed by atoms with Crippen LogP contribution in [0.3, 0.4) is 0 Å². The first-order valence-electron chi connectivity index (χ1n) is 8.32. The molecule has 0 aromatic rings. The second-order valence-electron chi connectivity index (χ2n) is 8.01. The highest BCUT2D eigenvalue weighted by atomic mass is 16.3. The molecular formula is C16H28N2O. The van der Waals surface area contributed by atoms with E-state index in [4.69, 9.17) is 0 Å². The van der Waals surface area contributed by atoms with Gasteiger partial charge in [0.2, 0.25) is 0 Å². The highest BCUT2D eigenvalue weighted by molar-refractivity contribution is 5.10. The van der Waals surface area contributed by atoms with Gasteiger partial charge in [-0.05, 0) is 82.2 Å².